The van der Waals surface area contributed by atoms with Crippen molar-refractivity contribution in [1.29, 1.82) is 0 Å². The molecule has 4 unspecified atom stereocenters. The van der Waals surface area contributed by atoms with E-state index in [1.807, 2.05) is 0 Å². The Balaban J connectivity index is 1.61. The average Bonchev–Trinajstić information content (AvgIpc) is 2.87. The maximum absolute atomic E-state index is 3.91. The lowest BCUT2D eigenvalue weighted by molar-refractivity contribution is 0.218. The summed E-state index contributed by atoms with van der Waals surface area (Å²) in [6.07, 6.45) is 9.54. The summed E-state index contributed by atoms with van der Waals surface area (Å²) in [7, 11) is 0. The Hall–Kier alpha value is -0.340. The third-order valence-corrected chi connectivity index (χ3v) is 6.95. The van der Waals surface area contributed by atoms with Gasteiger partial charge in [0, 0.05) is 21.8 Å². The summed E-state index contributed by atoms with van der Waals surface area (Å²) in [6, 6.07) is 3.76. The van der Waals surface area contributed by atoms with Crippen LogP contribution in [-0.4, -0.2) is 6.04 Å². The summed E-state index contributed by atoms with van der Waals surface area (Å²) in [5.74, 6) is 1.79. The fourth-order valence-corrected chi connectivity index (χ4v) is 5.13. The minimum absolute atomic E-state index is 0.538. The summed E-state index contributed by atoms with van der Waals surface area (Å²) in [6.45, 7) is 7.20. The van der Waals surface area contributed by atoms with Gasteiger partial charge in [0.15, 0.2) is 0 Å². The van der Waals surface area contributed by atoms with Crippen molar-refractivity contribution in [2.75, 3.05) is 0 Å². The van der Waals surface area contributed by atoms with Gasteiger partial charge in [0.1, 0.15) is 0 Å². The second kappa shape index (κ2) is 6.19. The van der Waals surface area contributed by atoms with Gasteiger partial charge in [-0.3, -0.25) is 0 Å². The standard InChI is InChI=1S/C18H29NS/c1-12-8-9-16(10-13(12)2)19-14(3)18-11-15-6-4-5-7-17(15)20-18/h11-14,16,19H,4-10H2,1-3H3. The molecule has 2 heteroatoms. The smallest absolute Gasteiger partial charge is 0.0388 e. The lowest BCUT2D eigenvalue weighted by Gasteiger charge is -2.34. The molecule has 0 aromatic carbocycles. The largest absolute Gasteiger partial charge is 0.307 e. The van der Waals surface area contributed by atoms with E-state index in [0.717, 1.165) is 17.9 Å². The minimum atomic E-state index is 0.538. The molecule has 1 heterocycles. The van der Waals surface area contributed by atoms with Crippen LogP contribution in [0.15, 0.2) is 6.07 Å². The van der Waals surface area contributed by atoms with Gasteiger partial charge in [0.05, 0.1) is 0 Å². The average molecular weight is 292 g/mol. The van der Waals surface area contributed by atoms with Crippen molar-refractivity contribution in [1.82, 2.24) is 5.32 Å². The van der Waals surface area contributed by atoms with Crippen LogP contribution in [0, 0.1) is 11.8 Å². The van der Waals surface area contributed by atoms with Gasteiger partial charge in [-0.05, 0) is 75.3 Å². The van der Waals surface area contributed by atoms with E-state index in [9.17, 15) is 0 Å². The third-order valence-electron chi connectivity index (χ3n) is 5.53. The fraction of sp³-hybridized carbons (Fsp3) is 0.778. The number of hydrogen-bond donors (Lipinski definition) is 1. The van der Waals surface area contributed by atoms with Crippen molar-refractivity contribution in [2.45, 2.75) is 77.8 Å². The van der Waals surface area contributed by atoms with E-state index in [0.29, 0.717) is 6.04 Å². The zero-order valence-electron chi connectivity index (χ0n) is 13.2. The van der Waals surface area contributed by atoms with Crippen LogP contribution < -0.4 is 5.32 Å². The number of fused-ring (bicyclic) bond motifs is 1. The van der Waals surface area contributed by atoms with Crippen molar-refractivity contribution in [2.24, 2.45) is 11.8 Å². The first-order valence-electron chi connectivity index (χ1n) is 8.51. The summed E-state index contributed by atoms with van der Waals surface area (Å²) >= 11 is 2.07. The molecule has 2 aliphatic rings. The Kier molecular flexibility index (Phi) is 4.52. The Bertz CT molecular complexity index is 427. The van der Waals surface area contributed by atoms with E-state index in [2.05, 4.69) is 43.5 Å². The number of thiophene rings is 1. The third kappa shape index (κ3) is 3.12. The highest BCUT2D eigenvalue weighted by atomic mass is 32.1. The van der Waals surface area contributed by atoms with E-state index >= 15 is 0 Å². The lowest BCUT2D eigenvalue weighted by atomic mass is 9.79. The number of rotatable bonds is 3. The van der Waals surface area contributed by atoms with E-state index in [1.165, 1.54) is 44.9 Å². The normalized spacial score (nSPS) is 31.9. The zero-order chi connectivity index (χ0) is 14.1. The molecule has 0 aliphatic heterocycles. The van der Waals surface area contributed by atoms with Crippen LogP contribution in [-0.2, 0) is 12.8 Å². The monoisotopic (exact) mass is 291 g/mol. The van der Waals surface area contributed by atoms with E-state index in [4.69, 9.17) is 0 Å². The maximum atomic E-state index is 3.91. The molecule has 2 aliphatic carbocycles. The van der Waals surface area contributed by atoms with Crippen molar-refractivity contribution in [3.63, 3.8) is 0 Å². The van der Waals surface area contributed by atoms with Gasteiger partial charge >= 0.3 is 0 Å². The van der Waals surface area contributed by atoms with E-state index in [-0.39, 0.29) is 0 Å². The van der Waals surface area contributed by atoms with Crippen LogP contribution in [0.25, 0.3) is 0 Å². The molecule has 0 amide bonds. The molecular formula is C18H29NS. The molecule has 0 bridgehead atoms. The van der Waals surface area contributed by atoms with Crippen LogP contribution in [0.5, 0.6) is 0 Å². The maximum Gasteiger partial charge on any atom is 0.0388 e. The van der Waals surface area contributed by atoms with Gasteiger partial charge < -0.3 is 5.32 Å². The topological polar surface area (TPSA) is 12.0 Å². The second-order valence-electron chi connectivity index (χ2n) is 7.16. The molecule has 0 spiro atoms. The molecular weight excluding hydrogens is 262 g/mol. The first kappa shape index (κ1) is 14.6. The Morgan fingerprint density at radius 3 is 2.70 bits per heavy atom. The summed E-state index contributed by atoms with van der Waals surface area (Å²) in [5.41, 5.74) is 1.65. The van der Waals surface area contributed by atoms with Crippen LogP contribution in [0.1, 0.15) is 74.2 Å². The minimum Gasteiger partial charge on any atom is -0.307 e. The Morgan fingerprint density at radius 2 is 1.95 bits per heavy atom. The second-order valence-corrected chi connectivity index (χ2v) is 8.33. The summed E-state index contributed by atoms with van der Waals surface area (Å²) < 4.78 is 0. The van der Waals surface area contributed by atoms with E-state index < -0.39 is 0 Å². The first-order chi connectivity index (χ1) is 9.63. The quantitative estimate of drug-likeness (QED) is 0.816. The van der Waals surface area contributed by atoms with Gasteiger partial charge in [0.25, 0.3) is 0 Å². The SMILES string of the molecule is CC(NC1CCC(C)C(C)C1)c1cc2c(s1)CCCC2. The van der Waals surface area contributed by atoms with Gasteiger partial charge in [-0.2, -0.15) is 0 Å². The lowest BCUT2D eigenvalue weighted by Crippen LogP contribution is -2.37. The molecule has 1 aromatic heterocycles. The molecule has 1 fully saturated rings. The molecule has 112 valence electrons. The first-order valence-corrected chi connectivity index (χ1v) is 9.32. The van der Waals surface area contributed by atoms with Gasteiger partial charge in [0.2, 0.25) is 0 Å². The van der Waals surface area contributed by atoms with Crippen LogP contribution >= 0.6 is 11.3 Å². The van der Waals surface area contributed by atoms with Gasteiger partial charge in [-0.1, -0.05) is 13.8 Å². The van der Waals surface area contributed by atoms with Crippen molar-refractivity contribution in [3.05, 3.63) is 21.4 Å². The number of aryl methyl sites for hydroxylation is 2. The number of nitrogens with one attached hydrogen (secondary N) is 1. The van der Waals surface area contributed by atoms with Crippen molar-refractivity contribution >= 4 is 11.3 Å². The van der Waals surface area contributed by atoms with Gasteiger partial charge in [-0.25, -0.2) is 0 Å². The summed E-state index contributed by atoms with van der Waals surface area (Å²) in [5, 5.41) is 3.91. The molecule has 1 saturated carbocycles. The highest BCUT2D eigenvalue weighted by Gasteiger charge is 2.26. The Morgan fingerprint density at radius 1 is 1.15 bits per heavy atom. The van der Waals surface area contributed by atoms with Crippen LogP contribution in [0.3, 0.4) is 0 Å². The zero-order valence-corrected chi connectivity index (χ0v) is 14.1. The van der Waals surface area contributed by atoms with Gasteiger partial charge in [-0.15, -0.1) is 11.3 Å². The predicted octanol–water partition coefficient (Wildman–Crippen LogP) is 5.10. The fourth-order valence-electron chi connectivity index (χ4n) is 3.86. The number of hydrogen-bond acceptors (Lipinski definition) is 2. The van der Waals surface area contributed by atoms with Crippen LogP contribution in [0.4, 0.5) is 0 Å². The van der Waals surface area contributed by atoms with E-state index in [1.54, 1.807) is 15.3 Å². The van der Waals surface area contributed by atoms with Crippen molar-refractivity contribution < 1.29 is 0 Å². The molecule has 20 heavy (non-hydrogen) atoms. The highest BCUT2D eigenvalue weighted by Crippen LogP contribution is 2.35. The summed E-state index contributed by atoms with van der Waals surface area (Å²) in [4.78, 5) is 3.24. The molecule has 3 rings (SSSR count). The Labute approximate surface area is 128 Å². The highest BCUT2D eigenvalue weighted by molar-refractivity contribution is 7.12. The molecule has 4 atom stereocenters. The molecule has 0 saturated heterocycles. The molecule has 1 nitrogen and oxygen atoms in total. The molecule has 0 radical (unpaired) electrons. The van der Waals surface area contributed by atoms with Crippen LogP contribution in [0.2, 0.25) is 0 Å². The predicted molar refractivity (Wildman–Crippen MR) is 88.5 cm³/mol. The molecule has 1 aromatic rings. The molecule has 1 N–H and O–H groups in total. The van der Waals surface area contributed by atoms with Crippen molar-refractivity contribution in [3.8, 4) is 0 Å².